The average Bonchev–Trinajstić information content (AvgIpc) is 3.34. The molecule has 402 valence electrons. The third-order valence-corrected chi connectivity index (χ3v) is 14.0. The molecule has 11 nitrogen and oxygen atoms in total. The summed E-state index contributed by atoms with van der Waals surface area (Å²) in [4.78, 5) is 13.2. The Balaban J connectivity index is 2.35. The van der Waals surface area contributed by atoms with Crippen molar-refractivity contribution in [1.29, 1.82) is 0 Å². The van der Waals surface area contributed by atoms with Crippen molar-refractivity contribution in [2.24, 2.45) is 0 Å². The van der Waals surface area contributed by atoms with Crippen LogP contribution in [0.5, 0.6) is 0 Å². The molecule has 1 rings (SSSR count). The lowest BCUT2D eigenvalue weighted by Gasteiger charge is -2.40. The minimum Gasteiger partial charge on any atom is -0.394 e. The number of unbranched alkanes of at least 4 members (excludes halogenated alkanes) is 33. The van der Waals surface area contributed by atoms with Crippen LogP contribution >= 0.6 is 0 Å². The molecular weight excluding hydrogens is 859 g/mol. The summed E-state index contributed by atoms with van der Waals surface area (Å²) >= 11 is 0. The minimum absolute atomic E-state index is 0.249. The van der Waals surface area contributed by atoms with Crippen molar-refractivity contribution < 1.29 is 50.0 Å². The lowest BCUT2D eigenvalue weighted by molar-refractivity contribution is -0.303. The molecule has 0 saturated carbocycles. The van der Waals surface area contributed by atoms with E-state index in [4.69, 9.17) is 9.47 Å². The van der Waals surface area contributed by atoms with Crippen LogP contribution < -0.4 is 5.32 Å². The first kappa shape index (κ1) is 64.6. The van der Waals surface area contributed by atoms with E-state index in [1.165, 1.54) is 180 Å². The molecule has 1 heterocycles. The van der Waals surface area contributed by atoms with E-state index in [0.717, 1.165) is 38.5 Å². The normalized spacial score (nSPS) is 20.6. The first-order chi connectivity index (χ1) is 33.2. The molecule has 1 aliphatic heterocycles. The summed E-state index contributed by atoms with van der Waals surface area (Å²) in [5.41, 5.74) is 0. The molecule has 0 bridgehead atoms. The second-order valence-electron chi connectivity index (χ2n) is 20.4. The van der Waals surface area contributed by atoms with Crippen LogP contribution in [0.1, 0.15) is 264 Å². The van der Waals surface area contributed by atoms with Gasteiger partial charge in [-0.1, -0.05) is 237 Å². The van der Waals surface area contributed by atoms with Crippen LogP contribution in [0, 0.1) is 0 Å². The molecule has 68 heavy (non-hydrogen) atoms. The van der Waals surface area contributed by atoms with Gasteiger partial charge in [0, 0.05) is 0 Å². The number of carbonyl (C=O) groups excluding carboxylic acids is 1. The van der Waals surface area contributed by atoms with E-state index >= 15 is 0 Å². The summed E-state index contributed by atoms with van der Waals surface area (Å²) in [6, 6.07) is -1.19. The number of rotatable bonds is 49. The zero-order valence-electron chi connectivity index (χ0n) is 43.9. The Kier molecular flexibility index (Phi) is 44.3. The van der Waals surface area contributed by atoms with Gasteiger partial charge in [0.2, 0.25) is 5.91 Å². The Labute approximate surface area is 416 Å². The van der Waals surface area contributed by atoms with E-state index in [-0.39, 0.29) is 12.8 Å². The van der Waals surface area contributed by atoms with Gasteiger partial charge in [-0.05, 0) is 51.4 Å². The predicted octanol–water partition coefficient (Wildman–Crippen LogP) is 11.7. The van der Waals surface area contributed by atoms with Crippen molar-refractivity contribution in [3.63, 3.8) is 0 Å². The standard InChI is InChI=1S/C57H109NO10/c1-3-5-7-9-11-13-15-17-19-21-23-25-27-29-31-33-35-37-39-41-43-45-50(61)56(66)58-48(47-67-57-55(65)54(64)53(63)51(46-59)68-57)52(62)49(60)44-42-40-38-36-34-32-30-28-26-24-22-20-18-16-14-12-10-8-6-4-2/h28,30,36,38,48-55,57,59-65H,3-27,29,31-35,37,39-47H2,1-2H3,(H,58,66)/b30-28+,38-36+. The molecule has 0 spiro atoms. The maximum Gasteiger partial charge on any atom is 0.249 e. The molecule has 0 aromatic rings. The fraction of sp³-hybridized carbons (Fsp3) is 0.912. The van der Waals surface area contributed by atoms with Crippen LogP contribution in [0.25, 0.3) is 0 Å². The first-order valence-electron chi connectivity index (χ1n) is 28.7. The average molecular weight is 968 g/mol. The van der Waals surface area contributed by atoms with Crippen LogP contribution in [0.15, 0.2) is 24.3 Å². The zero-order valence-corrected chi connectivity index (χ0v) is 43.9. The van der Waals surface area contributed by atoms with E-state index in [1.54, 1.807) is 0 Å². The molecule has 0 aromatic carbocycles. The molecule has 0 aliphatic carbocycles. The minimum atomic E-state index is -1.67. The van der Waals surface area contributed by atoms with Gasteiger partial charge in [-0.3, -0.25) is 4.79 Å². The monoisotopic (exact) mass is 968 g/mol. The lowest BCUT2D eigenvalue weighted by Crippen LogP contribution is -2.60. The van der Waals surface area contributed by atoms with Crippen LogP contribution in [0.3, 0.4) is 0 Å². The summed E-state index contributed by atoms with van der Waals surface area (Å²) in [7, 11) is 0. The Hall–Kier alpha value is -1.41. The van der Waals surface area contributed by atoms with Gasteiger partial charge < -0.3 is 50.5 Å². The number of aliphatic hydroxyl groups is 7. The highest BCUT2D eigenvalue weighted by Gasteiger charge is 2.44. The Morgan fingerprint density at radius 3 is 1.31 bits per heavy atom. The molecule has 9 unspecified atom stereocenters. The third-order valence-electron chi connectivity index (χ3n) is 14.0. The highest BCUT2D eigenvalue weighted by molar-refractivity contribution is 5.80. The van der Waals surface area contributed by atoms with E-state index in [2.05, 4.69) is 43.5 Å². The van der Waals surface area contributed by atoms with Gasteiger partial charge in [0.25, 0.3) is 0 Å². The van der Waals surface area contributed by atoms with Crippen LogP contribution in [-0.4, -0.2) is 110 Å². The van der Waals surface area contributed by atoms with Gasteiger partial charge in [0.15, 0.2) is 6.29 Å². The number of carbonyl (C=O) groups is 1. The van der Waals surface area contributed by atoms with E-state index in [0.29, 0.717) is 19.3 Å². The van der Waals surface area contributed by atoms with Crippen LogP contribution in [-0.2, 0) is 14.3 Å². The maximum absolute atomic E-state index is 13.2. The van der Waals surface area contributed by atoms with Gasteiger partial charge in [-0.15, -0.1) is 0 Å². The van der Waals surface area contributed by atoms with Crippen molar-refractivity contribution >= 4 is 5.91 Å². The summed E-state index contributed by atoms with van der Waals surface area (Å²) in [6.45, 7) is 3.46. The van der Waals surface area contributed by atoms with E-state index < -0.39 is 74.2 Å². The molecule has 0 radical (unpaired) electrons. The summed E-state index contributed by atoms with van der Waals surface area (Å²) in [5.74, 6) is -0.706. The molecule has 8 N–H and O–H groups in total. The molecule has 1 aliphatic rings. The Morgan fingerprint density at radius 1 is 0.500 bits per heavy atom. The number of hydrogen-bond donors (Lipinski definition) is 8. The van der Waals surface area contributed by atoms with E-state index in [9.17, 15) is 40.5 Å². The molecule has 1 fully saturated rings. The largest absolute Gasteiger partial charge is 0.394 e. The maximum atomic E-state index is 13.2. The highest BCUT2D eigenvalue weighted by Crippen LogP contribution is 2.23. The van der Waals surface area contributed by atoms with Crippen molar-refractivity contribution in [3.05, 3.63) is 24.3 Å². The fourth-order valence-corrected chi connectivity index (χ4v) is 9.28. The van der Waals surface area contributed by atoms with Gasteiger partial charge >= 0.3 is 0 Å². The number of nitrogens with one attached hydrogen (secondary N) is 1. The number of hydrogen-bond acceptors (Lipinski definition) is 10. The summed E-state index contributed by atoms with van der Waals surface area (Å²) in [5, 5.41) is 76.1. The van der Waals surface area contributed by atoms with Gasteiger partial charge in [0.1, 0.15) is 36.6 Å². The molecular formula is C57H109NO10. The quantitative estimate of drug-likeness (QED) is 0.0215. The molecule has 11 heteroatoms. The van der Waals surface area contributed by atoms with E-state index in [1.807, 2.05) is 0 Å². The Morgan fingerprint density at radius 2 is 0.882 bits per heavy atom. The SMILES string of the molecule is CCCCCCCCCCCCC/C=C/CC/C=C/CCCC(O)C(O)C(COC1OC(CO)C(O)C(O)C1O)NC(=O)C(O)CCCCCCCCCCCCCCCCCCCCCCC. The number of aliphatic hydroxyl groups excluding tert-OH is 7. The van der Waals surface area contributed by atoms with Crippen molar-refractivity contribution in [1.82, 2.24) is 5.32 Å². The van der Waals surface area contributed by atoms with Gasteiger partial charge in [0.05, 0.1) is 25.4 Å². The number of allylic oxidation sites excluding steroid dienone is 4. The van der Waals surface area contributed by atoms with Gasteiger partial charge in [-0.25, -0.2) is 0 Å². The molecule has 1 saturated heterocycles. The second kappa shape index (κ2) is 46.6. The summed E-state index contributed by atoms with van der Waals surface area (Å²) in [6.07, 6.45) is 43.7. The first-order valence-corrected chi connectivity index (χ1v) is 28.7. The molecule has 0 aromatic heterocycles. The zero-order chi connectivity index (χ0) is 49.7. The number of ether oxygens (including phenoxy) is 2. The summed E-state index contributed by atoms with van der Waals surface area (Å²) < 4.78 is 11.1. The predicted molar refractivity (Wildman–Crippen MR) is 279 cm³/mol. The van der Waals surface area contributed by atoms with Crippen molar-refractivity contribution in [2.75, 3.05) is 13.2 Å². The lowest BCUT2D eigenvalue weighted by atomic mass is 9.98. The molecule has 9 atom stereocenters. The smallest absolute Gasteiger partial charge is 0.249 e. The third kappa shape index (κ3) is 34.8. The topological polar surface area (TPSA) is 189 Å². The fourth-order valence-electron chi connectivity index (χ4n) is 9.28. The number of amides is 1. The Bertz CT molecular complexity index is 1160. The second-order valence-corrected chi connectivity index (χ2v) is 20.4. The van der Waals surface area contributed by atoms with Gasteiger partial charge in [-0.2, -0.15) is 0 Å². The van der Waals surface area contributed by atoms with Crippen LogP contribution in [0.2, 0.25) is 0 Å². The highest BCUT2D eigenvalue weighted by atomic mass is 16.7. The van der Waals surface area contributed by atoms with Crippen LogP contribution in [0.4, 0.5) is 0 Å². The van der Waals surface area contributed by atoms with Crippen molar-refractivity contribution in [2.45, 2.75) is 319 Å². The van der Waals surface area contributed by atoms with Crippen molar-refractivity contribution in [3.8, 4) is 0 Å². The molecule has 1 amide bonds.